The Hall–Kier alpha value is -3.47. The van der Waals surface area contributed by atoms with Crippen molar-refractivity contribution >= 4 is 17.8 Å². The lowest BCUT2D eigenvalue weighted by Gasteiger charge is -2.27. The van der Waals surface area contributed by atoms with Crippen molar-refractivity contribution in [3.05, 3.63) is 65.7 Å². The molecule has 0 radical (unpaired) electrons. The highest BCUT2D eigenvalue weighted by Gasteiger charge is 2.31. The number of carbonyl (C=O) groups excluding carboxylic acids is 3. The van der Waals surface area contributed by atoms with Crippen LogP contribution in [0.4, 0.5) is 0 Å². The Bertz CT molecular complexity index is 1070. The van der Waals surface area contributed by atoms with Crippen LogP contribution in [-0.4, -0.2) is 87.4 Å². The van der Waals surface area contributed by atoms with Crippen LogP contribution >= 0.6 is 0 Å². The van der Waals surface area contributed by atoms with E-state index in [0.717, 1.165) is 24.0 Å². The van der Waals surface area contributed by atoms with E-state index in [1.165, 1.54) is 0 Å². The molecule has 4 rings (SSSR count). The zero-order chi connectivity index (χ0) is 27.5. The van der Waals surface area contributed by atoms with Gasteiger partial charge in [-0.1, -0.05) is 42.5 Å². The number of methoxy groups -OCH3 is 1. The second-order valence-electron chi connectivity index (χ2n) is 9.75. The number of morpholine rings is 1. The summed E-state index contributed by atoms with van der Waals surface area (Å²) in [5.41, 5.74) is 1.66. The monoisotopic (exact) mass is 539 g/mol. The molecule has 210 valence electrons. The number of amides is 2. The van der Waals surface area contributed by atoms with Crippen molar-refractivity contribution in [2.24, 2.45) is 0 Å². The lowest BCUT2D eigenvalue weighted by molar-refractivity contribution is -0.149. The van der Waals surface area contributed by atoms with Gasteiger partial charge in [-0.2, -0.15) is 0 Å². The first-order valence-electron chi connectivity index (χ1n) is 13.3. The maximum atomic E-state index is 13.4. The fraction of sp³-hybridized carbons (Fsp3) is 0.483. The third-order valence-corrected chi connectivity index (χ3v) is 6.57. The van der Waals surface area contributed by atoms with E-state index in [9.17, 15) is 14.4 Å². The van der Waals surface area contributed by atoms with E-state index in [1.54, 1.807) is 19.2 Å². The van der Waals surface area contributed by atoms with E-state index in [-0.39, 0.29) is 38.2 Å². The lowest BCUT2D eigenvalue weighted by Crippen LogP contribution is -2.56. The van der Waals surface area contributed by atoms with Crippen LogP contribution in [0.3, 0.4) is 0 Å². The molecule has 1 saturated heterocycles. The molecule has 0 unspecified atom stereocenters. The maximum Gasteiger partial charge on any atom is 0.329 e. The maximum absolute atomic E-state index is 13.4. The lowest BCUT2D eigenvalue weighted by atomic mass is 10.1. The molecular formula is C29H37N3O7. The molecule has 1 aliphatic heterocycles. The molecule has 1 aliphatic carbocycles. The quantitative estimate of drug-likeness (QED) is 0.347. The van der Waals surface area contributed by atoms with Gasteiger partial charge in [0.2, 0.25) is 11.8 Å². The molecule has 10 nitrogen and oxygen atoms in total. The molecule has 39 heavy (non-hydrogen) atoms. The van der Waals surface area contributed by atoms with Crippen molar-refractivity contribution in [3.8, 4) is 5.75 Å². The van der Waals surface area contributed by atoms with Crippen molar-refractivity contribution < 1.29 is 33.3 Å². The Morgan fingerprint density at radius 2 is 1.67 bits per heavy atom. The predicted molar refractivity (Wildman–Crippen MR) is 143 cm³/mol. The highest BCUT2D eigenvalue weighted by atomic mass is 16.5. The summed E-state index contributed by atoms with van der Waals surface area (Å²) in [5.74, 6) is -0.660. The minimum Gasteiger partial charge on any atom is -0.497 e. The van der Waals surface area contributed by atoms with Gasteiger partial charge in [0.25, 0.3) is 0 Å². The molecule has 1 heterocycles. The van der Waals surface area contributed by atoms with E-state index in [2.05, 4.69) is 10.6 Å². The van der Waals surface area contributed by atoms with Crippen LogP contribution in [0, 0.1) is 0 Å². The third-order valence-electron chi connectivity index (χ3n) is 6.57. The molecule has 2 aliphatic rings. The highest BCUT2D eigenvalue weighted by molar-refractivity contribution is 5.91. The van der Waals surface area contributed by atoms with E-state index in [4.69, 9.17) is 18.9 Å². The normalized spacial score (nSPS) is 17.1. The van der Waals surface area contributed by atoms with E-state index in [1.807, 2.05) is 47.4 Å². The van der Waals surface area contributed by atoms with Crippen molar-refractivity contribution in [2.75, 3.05) is 46.6 Å². The number of hydrogen-bond acceptors (Lipinski definition) is 8. The number of benzene rings is 2. The molecule has 2 aromatic rings. The number of carbonyl (C=O) groups is 3. The van der Waals surface area contributed by atoms with Crippen LogP contribution < -0.4 is 15.4 Å². The molecular weight excluding hydrogens is 502 g/mol. The minimum atomic E-state index is -0.964. The first-order valence-corrected chi connectivity index (χ1v) is 13.3. The summed E-state index contributed by atoms with van der Waals surface area (Å²) in [6.45, 7) is 2.71. The number of nitrogens with zero attached hydrogens (tertiary/aromatic N) is 1. The fourth-order valence-electron chi connectivity index (χ4n) is 4.14. The molecule has 1 saturated carbocycles. The number of esters is 1. The van der Waals surface area contributed by atoms with Crippen LogP contribution in [-0.2, 0) is 41.6 Å². The molecule has 2 atom stereocenters. The Labute approximate surface area is 228 Å². The highest BCUT2D eigenvalue weighted by Crippen LogP contribution is 2.23. The molecule has 2 N–H and O–H groups in total. The Morgan fingerprint density at radius 3 is 2.33 bits per heavy atom. The van der Waals surface area contributed by atoms with E-state index >= 15 is 0 Å². The number of rotatable bonds is 14. The van der Waals surface area contributed by atoms with Gasteiger partial charge in [0.1, 0.15) is 24.4 Å². The van der Waals surface area contributed by atoms with Gasteiger partial charge >= 0.3 is 5.97 Å². The van der Waals surface area contributed by atoms with E-state index < -0.39 is 24.0 Å². The van der Waals surface area contributed by atoms with Crippen molar-refractivity contribution in [3.63, 3.8) is 0 Å². The van der Waals surface area contributed by atoms with Crippen LogP contribution in [0.15, 0.2) is 54.6 Å². The summed E-state index contributed by atoms with van der Waals surface area (Å²) >= 11 is 0. The van der Waals surface area contributed by atoms with E-state index in [0.29, 0.717) is 32.1 Å². The van der Waals surface area contributed by atoms with Crippen LogP contribution in [0.25, 0.3) is 0 Å². The van der Waals surface area contributed by atoms with Gasteiger partial charge in [-0.3, -0.25) is 14.5 Å². The second-order valence-corrected chi connectivity index (χ2v) is 9.75. The van der Waals surface area contributed by atoms with Gasteiger partial charge < -0.3 is 29.6 Å². The van der Waals surface area contributed by atoms with Crippen molar-refractivity contribution in [1.29, 1.82) is 0 Å². The van der Waals surface area contributed by atoms with Crippen LogP contribution in [0.2, 0.25) is 0 Å². The summed E-state index contributed by atoms with van der Waals surface area (Å²) in [7, 11) is 1.58. The number of ether oxygens (including phenoxy) is 4. The Balaban J connectivity index is 1.42. The largest absolute Gasteiger partial charge is 0.497 e. The minimum absolute atomic E-state index is 0.0275. The van der Waals surface area contributed by atoms with Gasteiger partial charge in [-0.25, -0.2) is 4.79 Å². The van der Waals surface area contributed by atoms with Gasteiger partial charge in [0.05, 0.1) is 39.6 Å². The zero-order valence-electron chi connectivity index (χ0n) is 22.3. The topological polar surface area (TPSA) is 115 Å². The summed E-state index contributed by atoms with van der Waals surface area (Å²) in [4.78, 5) is 41.3. The molecule has 2 fully saturated rings. The number of nitrogens with one attached hydrogen (secondary N) is 2. The smallest absolute Gasteiger partial charge is 0.329 e. The fourth-order valence-corrected chi connectivity index (χ4v) is 4.14. The predicted octanol–water partition coefficient (Wildman–Crippen LogP) is 1.46. The molecule has 2 amide bonds. The summed E-state index contributed by atoms with van der Waals surface area (Å²) < 4.78 is 21.9. The average molecular weight is 540 g/mol. The Morgan fingerprint density at radius 1 is 0.949 bits per heavy atom. The second kappa shape index (κ2) is 14.6. The SMILES string of the molecule is COc1ccc(C[C@H](NC(=O)[C@H](COC2CC2)NC(=O)CN2CCOCC2)C(=O)OCc2ccccc2)cc1. The molecule has 0 aromatic heterocycles. The number of hydrogen-bond donors (Lipinski definition) is 2. The van der Waals surface area contributed by atoms with Crippen LogP contribution in [0.5, 0.6) is 5.75 Å². The summed E-state index contributed by atoms with van der Waals surface area (Å²) in [6, 6.07) is 14.7. The zero-order valence-corrected chi connectivity index (χ0v) is 22.3. The molecule has 2 aromatic carbocycles. The summed E-state index contributed by atoms with van der Waals surface area (Å²) in [5, 5.41) is 5.61. The molecule has 10 heteroatoms. The molecule has 0 spiro atoms. The molecule has 0 bridgehead atoms. The van der Waals surface area contributed by atoms with Gasteiger partial charge in [-0.15, -0.1) is 0 Å². The van der Waals surface area contributed by atoms with Gasteiger partial charge in [0.15, 0.2) is 0 Å². The average Bonchev–Trinajstić information content (AvgIpc) is 3.79. The van der Waals surface area contributed by atoms with Crippen LogP contribution in [0.1, 0.15) is 24.0 Å². The standard InChI is InChI=1S/C29H37N3O7/c1-36-23-9-7-21(8-10-23)17-25(29(35)39-19-22-5-3-2-4-6-22)31-28(34)26(20-38-24-11-12-24)30-27(33)18-32-13-15-37-16-14-32/h2-10,24-26H,11-20H2,1H3,(H,30,33)(H,31,34)/t25-,26-/m0/s1. The third kappa shape index (κ3) is 9.65. The van der Waals surface area contributed by atoms with Crippen molar-refractivity contribution in [2.45, 2.75) is 44.1 Å². The summed E-state index contributed by atoms with van der Waals surface area (Å²) in [6.07, 6.45) is 2.17. The van der Waals surface area contributed by atoms with Gasteiger partial charge in [-0.05, 0) is 36.1 Å². The van der Waals surface area contributed by atoms with Gasteiger partial charge in [0, 0.05) is 19.5 Å². The van der Waals surface area contributed by atoms with Crippen molar-refractivity contribution in [1.82, 2.24) is 15.5 Å². The Kier molecular flexibility index (Phi) is 10.7. The first kappa shape index (κ1) is 28.5. The first-order chi connectivity index (χ1) is 19.0.